The normalized spacial score (nSPS) is 13.4. The molecule has 0 saturated heterocycles. The summed E-state index contributed by atoms with van der Waals surface area (Å²) < 4.78 is 6.80. The van der Waals surface area contributed by atoms with Crippen molar-refractivity contribution in [2.75, 3.05) is 6.61 Å². The fourth-order valence-electron chi connectivity index (χ4n) is 2.88. The Morgan fingerprint density at radius 1 is 1.07 bits per heavy atom. The largest absolute Gasteiger partial charge is 0.452 e. The van der Waals surface area contributed by atoms with Crippen molar-refractivity contribution in [2.45, 2.75) is 18.9 Å². The van der Waals surface area contributed by atoms with E-state index in [2.05, 4.69) is 5.32 Å². The van der Waals surface area contributed by atoms with Crippen molar-refractivity contribution in [3.05, 3.63) is 78.5 Å². The number of benzene rings is 2. The second-order valence-electron chi connectivity index (χ2n) is 6.86. The zero-order valence-corrected chi connectivity index (χ0v) is 15.8. The fraction of sp³-hybridized carbons (Fsp3) is 0.174. The lowest BCUT2D eigenvalue weighted by Gasteiger charge is -2.03. The van der Waals surface area contributed by atoms with Gasteiger partial charge in [0.1, 0.15) is 0 Å². The lowest BCUT2D eigenvalue weighted by molar-refractivity contribution is -0.143. The zero-order chi connectivity index (χ0) is 20.1. The van der Waals surface area contributed by atoms with Gasteiger partial charge in [0.2, 0.25) is 0 Å². The first-order valence-corrected chi connectivity index (χ1v) is 9.54. The molecule has 0 bridgehead atoms. The number of carbonyl (C=O) groups is 2. The van der Waals surface area contributed by atoms with Gasteiger partial charge in [0, 0.05) is 29.4 Å². The molecule has 0 aliphatic heterocycles. The van der Waals surface area contributed by atoms with Gasteiger partial charge in [-0.15, -0.1) is 0 Å². The molecule has 1 aliphatic rings. The van der Waals surface area contributed by atoms with E-state index in [1.807, 2.05) is 66.9 Å². The summed E-state index contributed by atoms with van der Waals surface area (Å²) in [5.41, 5.74) is 3.40. The summed E-state index contributed by atoms with van der Waals surface area (Å²) in [5.74, 6) is -0.835. The van der Waals surface area contributed by atoms with E-state index in [9.17, 15) is 9.59 Å². The molecule has 1 heterocycles. The van der Waals surface area contributed by atoms with Crippen LogP contribution in [0.25, 0.3) is 23.0 Å². The van der Waals surface area contributed by atoms with E-state index in [0.717, 1.165) is 35.3 Å². The summed E-state index contributed by atoms with van der Waals surface area (Å²) >= 11 is 0. The summed E-state index contributed by atoms with van der Waals surface area (Å²) in [7, 11) is 0. The van der Waals surface area contributed by atoms with Crippen LogP contribution in [0.1, 0.15) is 18.4 Å². The summed E-state index contributed by atoms with van der Waals surface area (Å²) in [6.07, 6.45) is 6.83. The van der Waals surface area contributed by atoms with E-state index < -0.39 is 5.97 Å². The topological polar surface area (TPSA) is 73.2 Å². The predicted molar refractivity (Wildman–Crippen MR) is 110 cm³/mol. The Labute approximate surface area is 168 Å². The maximum Gasteiger partial charge on any atom is 0.331 e. The highest BCUT2D eigenvalue weighted by Gasteiger charge is 2.23. The average Bonchev–Trinajstić information content (AvgIpc) is 3.47. The third-order valence-electron chi connectivity index (χ3n) is 4.50. The van der Waals surface area contributed by atoms with Crippen LogP contribution in [-0.4, -0.2) is 34.3 Å². The number of hydrogen-bond donors (Lipinski definition) is 1. The Kier molecular flexibility index (Phi) is 5.52. The zero-order valence-electron chi connectivity index (χ0n) is 15.8. The lowest BCUT2D eigenvalue weighted by Crippen LogP contribution is -2.30. The Bertz CT molecular complexity index is 1020. The van der Waals surface area contributed by atoms with Gasteiger partial charge in [-0.3, -0.25) is 4.79 Å². The number of para-hydroxylation sites is 1. The van der Waals surface area contributed by atoms with Gasteiger partial charge in [0.05, 0.1) is 11.4 Å². The second kappa shape index (κ2) is 8.56. The third-order valence-corrected chi connectivity index (χ3v) is 4.50. The fourth-order valence-corrected chi connectivity index (χ4v) is 2.88. The molecule has 6 heteroatoms. The second-order valence-corrected chi connectivity index (χ2v) is 6.86. The number of hydrogen-bond acceptors (Lipinski definition) is 4. The van der Waals surface area contributed by atoms with Crippen molar-refractivity contribution in [1.82, 2.24) is 15.1 Å². The van der Waals surface area contributed by atoms with Gasteiger partial charge in [0.15, 0.2) is 6.61 Å². The molecule has 0 unspecified atom stereocenters. The number of ether oxygens (including phenoxy) is 1. The molecule has 29 heavy (non-hydrogen) atoms. The first-order valence-electron chi connectivity index (χ1n) is 9.54. The average molecular weight is 387 g/mol. The van der Waals surface area contributed by atoms with Gasteiger partial charge in [-0.1, -0.05) is 48.5 Å². The first kappa shape index (κ1) is 18.7. The molecule has 1 saturated carbocycles. The maximum absolute atomic E-state index is 12.0. The Morgan fingerprint density at radius 2 is 1.76 bits per heavy atom. The molecule has 0 atom stereocenters. The molecule has 6 nitrogen and oxygen atoms in total. The van der Waals surface area contributed by atoms with Crippen LogP contribution in [0.5, 0.6) is 0 Å². The highest BCUT2D eigenvalue weighted by atomic mass is 16.5. The van der Waals surface area contributed by atoms with Crippen LogP contribution in [0, 0.1) is 0 Å². The SMILES string of the molecule is O=C(COC(=O)C=Cc1cn(-c2ccccc2)nc1-c1ccccc1)NC1CC1. The minimum absolute atomic E-state index is 0.244. The highest BCUT2D eigenvalue weighted by molar-refractivity contribution is 5.90. The van der Waals surface area contributed by atoms with Gasteiger partial charge in [-0.25, -0.2) is 9.48 Å². The number of aromatic nitrogens is 2. The quantitative estimate of drug-likeness (QED) is 0.498. The molecule has 1 aromatic heterocycles. The van der Waals surface area contributed by atoms with Crippen molar-refractivity contribution < 1.29 is 14.3 Å². The van der Waals surface area contributed by atoms with Crippen molar-refractivity contribution >= 4 is 18.0 Å². The first-order chi connectivity index (χ1) is 14.2. The third kappa shape index (κ3) is 4.99. The van der Waals surface area contributed by atoms with Crippen molar-refractivity contribution in [3.8, 4) is 16.9 Å². The molecule has 1 aliphatic carbocycles. The molecule has 2 aromatic carbocycles. The van der Waals surface area contributed by atoms with Crippen molar-refractivity contribution in [3.63, 3.8) is 0 Å². The van der Waals surface area contributed by atoms with E-state index >= 15 is 0 Å². The van der Waals surface area contributed by atoms with Crippen LogP contribution >= 0.6 is 0 Å². The van der Waals surface area contributed by atoms with E-state index in [1.54, 1.807) is 10.8 Å². The van der Waals surface area contributed by atoms with Gasteiger partial charge in [0.25, 0.3) is 5.91 Å². The minimum atomic E-state index is -0.567. The van der Waals surface area contributed by atoms with E-state index in [1.165, 1.54) is 6.08 Å². The lowest BCUT2D eigenvalue weighted by atomic mass is 10.1. The molecule has 1 amide bonds. The Morgan fingerprint density at radius 3 is 2.45 bits per heavy atom. The molecule has 4 rings (SSSR count). The Balaban J connectivity index is 1.51. The van der Waals surface area contributed by atoms with Gasteiger partial charge < -0.3 is 10.1 Å². The molecule has 1 fully saturated rings. The molecule has 0 radical (unpaired) electrons. The summed E-state index contributed by atoms with van der Waals surface area (Å²) in [6, 6.07) is 19.8. The van der Waals surface area contributed by atoms with Crippen LogP contribution in [0.15, 0.2) is 72.9 Å². The molecule has 3 aromatic rings. The monoisotopic (exact) mass is 387 g/mol. The number of nitrogens with zero attached hydrogens (tertiary/aromatic N) is 2. The van der Waals surface area contributed by atoms with Gasteiger partial charge in [-0.2, -0.15) is 5.10 Å². The van der Waals surface area contributed by atoms with E-state index in [4.69, 9.17) is 9.84 Å². The summed E-state index contributed by atoms with van der Waals surface area (Å²) in [5, 5.41) is 7.47. The van der Waals surface area contributed by atoms with E-state index in [0.29, 0.717) is 0 Å². The molecule has 146 valence electrons. The predicted octanol–water partition coefficient (Wildman–Crippen LogP) is 3.37. The Hall–Kier alpha value is -3.67. The summed E-state index contributed by atoms with van der Waals surface area (Å²) in [4.78, 5) is 23.7. The number of nitrogens with one attached hydrogen (secondary N) is 1. The highest BCUT2D eigenvalue weighted by Crippen LogP contribution is 2.24. The number of carbonyl (C=O) groups excluding carboxylic acids is 2. The standard InChI is InChI=1S/C23H21N3O3/c27-21(24-19-12-13-19)16-29-22(28)14-11-18-15-26(20-9-5-2-6-10-20)25-23(18)17-7-3-1-4-8-17/h1-11,14-15,19H,12-13,16H2,(H,24,27). The number of rotatable bonds is 7. The number of amides is 1. The number of esters is 1. The molecular weight excluding hydrogens is 366 g/mol. The molecule has 1 N–H and O–H groups in total. The molecular formula is C23H21N3O3. The van der Waals surface area contributed by atoms with Crippen LogP contribution < -0.4 is 5.32 Å². The van der Waals surface area contributed by atoms with Crippen LogP contribution in [0.3, 0.4) is 0 Å². The van der Waals surface area contributed by atoms with E-state index in [-0.39, 0.29) is 18.6 Å². The molecule has 0 spiro atoms. The van der Waals surface area contributed by atoms with Crippen LogP contribution in [0.4, 0.5) is 0 Å². The smallest absolute Gasteiger partial charge is 0.331 e. The van der Waals surface area contributed by atoms with Crippen LogP contribution in [0.2, 0.25) is 0 Å². The van der Waals surface area contributed by atoms with Gasteiger partial charge >= 0.3 is 5.97 Å². The van der Waals surface area contributed by atoms with Crippen molar-refractivity contribution in [1.29, 1.82) is 0 Å². The van der Waals surface area contributed by atoms with Gasteiger partial charge in [-0.05, 0) is 31.1 Å². The van der Waals surface area contributed by atoms with Crippen LogP contribution in [-0.2, 0) is 14.3 Å². The maximum atomic E-state index is 12.0. The minimum Gasteiger partial charge on any atom is -0.452 e. The van der Waals surface area contributed by atoms with Crippen molar-refractivity contribution in [2.24, 2.45) is 0 Å². The summed E-state index contributed by atoms with van der Waals surface area (Å²) in [6.45, 7) is -0.269.